The SMILES string of the molecule is COc1cc([C@H]2c3c(oc4ccc(Cl)cc4c3=O)C(=O)N2C)cc(OC)c1OC. The molecule has 0 bridgehead atoms. The van der Waals surface area contributed by atoms with Crippen molar-refractivity contribution >= 4 is 28.5 Å². The van der Waals surface area contributed by atoms with Crippen LogP contribution >= 0.6 is 11.6 Å². The number of rotatable bonds is 4. The number of hydrogen-bond acceptors (Lipinski definition) is 6. The third kappa shape index (κ3) is 2.81. The van der Waals surface area contributed by atoms with E-state index in [1.54, 1.807) is 31.3 Å². The Morgan fingerprint density at radius 1 is 1.00 bits per heavy atom. The molecule has 2 heterocycles. The van der Waals surface area contributed by atoms with Gasteiger partial charge in [-0.15, -0.1) is 0 Å². The van der Waals surface area contributed by atoms with Gasteiger partial charge in [-0.3, -0.25) is 9.59 Å². The highest BCUT2D eigenvalue weighted by Crippen LogP contribution is 2.44. The highest BCUT2D eigenvalue weighted by Gasteiger charge is 2.41. The van der Waals surface area contributed by atoms with Crippen LogP contribution in [0.5, 0.6) is 17.2 Å². The number of amides is 1. The summed E-state index contributed by atoms with van der Waals surface area (Å²) in [5, 5.41) is 0.726. The van der Waals surface area contributed by atoms with Crippen LogP contribution in [0.25, 0.3) is 11.0 Å². The Bertz CT molecular complexity index is 1180. The summed E-state index contributed by atoms with van der Waals surface area (Å²) < 4.78 is 22.0. The molecule has 7 nitrogen and oxygen atoms in total. The molecule has 1 aromatic heterocycles. The van der Waals surface area contributed by atoms with E-state index in [2.05, 4.69) is 0 Å². The van der Waals surface area contributed by atoms with Crippen LogP contribution in [0.1, 0.15) is 27.7 Å². The van der Waals surface area contributed by atoms with Gasteiger partial charge in [0.05, 0.1) is 38.3 Å². The van der Waals surface area contributed by atoms with Crippen LogP contribution in [-0.2, 0) is 0 Å². The summed E-state index contributed by atoms with van der Waals surface area (Å²) in [5.41, 5.74) is 0.884. The Morgan fingerprint density at radius 2 is 1.66 bits per heavy atom. The van der Waals surface area contributed by atoms with Crippen molar-refractivity contribution in [2.24, 2.45) is 0 Å². The molecule has 3 aromatic rings. The molecule has 0 saturated heterocycles. The van der Waals surface area contributed by atoms with Crippen molar-refractivity contribution in [2.75, 3.05) is 28.4 Å². The minimum absolute atomic E-state index is 0.0195. The first-order valence-electron chi connectivity index (χ1n) is 8.74. The number of hydrogen-bond donors (Lipinski definition) is 0. The van der Waals surface area contributed by atoms with Gasteiger partial charge < -0.3 is 23.5 Å². The number of halogens is 1. The lowest BCUT2D eigenvalue weighted by atomic mass is 9.98. The molecule has 0 N–H and O–H groups in total. The van der Waals surface area contributed by atoms with Crippen LogP contribution in [0.3, 0.4) is 0 Å². The van der Waals surface area contributed by atoms with Gasteiger partial charge in [-0.25, -0.2) is 0 Å². The molecular formula is C21H18ClNO6. The summed E-state index contributed by atoms with van der Waals surface area (Å²) in [6.45, 7) is 0. The first-order valence-corrected chi connectivity index (χ1v) is 9.12. The van der Waals surface area contributed by atoms with Gasteiger partial charge in [-0.1, -0.05) is 11.6 Å². The topological polar surface area (TPSA) is 78.2 Å². The van der Waals surface area contributed by atoms with Crippen LogP contribution in [0, 0.1) is 0 Å². The molecule has 0 spiro atoms. The van der Waals surface area contributed by atoms with Gasteiger partial charge in [0.15, 0.2) is 16.9 Å². The first kappa shape index (κ1) is 19.1. The van der Waals surface area contributed by atoms with E-state index in [0.29, 0.717) is 38.8 Å². The van der Waals surface area contributed by atoms with Crippen molar-refractivity contribution in [3.63, 3.8) is 0 Å². The smallest absolute Gasteiger partial charge is 0.290 e. The van der Waals surface area contributed by atoms with Crippen LogP contribution < -0.4 is 19.6 Å². The summed E-state index contributed by atoms with van der Waals surface area (Å²) in [6.07, 6.45) is 0. The fourth-order valence-electron chi connectivity index (χ4n) is 3.71. The molecule has 1 aliphatic heterocycles. The summed E-state index contributed by atoms with van der Waals surface area (Å²) in [6, 6.07) is 7.49. The number of nitrogens with zero attached hydrogens (tertiary/aromatic N) is 1. The second-order valence-electron chi connectivity index (χ2n) is 6.59. The summed E-state index contributed by atoms with van der Waals surface area (Å²) >= 11 is 6.06. The lowest BCUT2D eigenvalue weighted by Crippen LogP contribution is -2.25. The molecule has 8 heteroatoms. The minimum Gasteiger partial charge on any atom is -0.493 e. The lowest BCUT2D eigenvalue weighted by molar-refractivity contribution is 0.0771. The number of carbonyl (C=O) groups is 1. The van der Waals surface area contributed by atoms with Crippen LogP contribution in [0.2, 0.25) is 5.02 Å². The summed E-state index contributed by atoms with van der Waals surface area (Å²) in [5.74, 6) is 0.899. The number of ether oxygens (including phenoxy) is 3. The maximum absolute atomic E-state index is 13.3. The van der Waals surface area contributed by atoms with E-state index in [1.165, 1.54) is 32.3 Å². The normalized spacial score (nSPS) is 15.6. The van der Waals surface area contributed by atoms with Crippen molar-refractivity contribution in [2.45, 2.75) is 6.04 Å². The Morgan fingerprint density at radius 3 is 2.24 bits per heavy atom. The number of fused-ring (bicyclic) bond motifs is 2. The van der Waals surface area contributed by atoms with Crippen molar-refractivity contribution in [1.29, 1.82) is 0 Å². The van der Waals surface area contributed by atoms with Crippen molar-refractivity contribution in [1.82, 2.24) is 4.90 Å². The van der Waals surface area contributed by atoms with E-state index < -0.39 is 6.04 Å². The van der Waals surface area contributed by atoms with Gasteiger partial charge in [0.2, 0.25) is 11.5 Å². The molecule has 0 unspecified atom stereocenters. The van der Waals surface area contributed by atoms with Gasteiger partial charge in [0.25, 0.3) is 5.91 Å². The number of methoxy groups -OCH3 is 3. The third-order valence-corrected chi connectivity index (χ3v) is 5.30. The van der Waals surface area contributed by atoms with Crippen LogP contribution in [0.15, 0.2) is 39.5 Å². The van der Waals surface area contributed by atoms with E-state index in [4.69, 9.17) is 30.2 Å². The largest absolute Gasteiger partial charge is 0.493 e. The second-order valence-corrected chi connectivity index (χ2v) is 7.03. The number of benzene rings is 2. The molecule has 1 amide bonds. The van der Waals surface area contributed by atoms with Gasteiger partial charge in [0, 0.05) is 12.1 Å². The van der Waals surface area contributed by atoms with Gasteiger partial charge in [-0.2, -0.15) is 0 Å². The molecule has 4 rings (SSSR count). The molecule has 1 atom stereocenters. The maximum atomic E-state index is 13.3. The Balaban J connectivity index is 2.01. The molecule has 0 radical (unpaired) electrons. The lowest BCUT2D eigenvalue weighted by Gasteiger charge is -2.22. The van der Waals surface area contributed by atoms with Gasteiger partial charge in [-0.05, 0) is 35.9 Å². The molecule has 2 aromatic carbocycles. The zero-order valence-electron chi connectivity index (χ0n) is 16.2. The van der Waals surface area contributed by atoms with Gasteiger partial charge in [0.1, 0.15) is 5.58 Å². The first-order chi connectivity index (χ1) is 13.9. The Labute approximate surface area is 171 Å². The fourth-order valence-corrected chi connectivity index (χ4v) is 3.88. The molecule has 150 valence electrons. The zero-order chi connectivity index (χ0) is 20.9. The fraction of sp³-hybridized carbons (Fsp3) is 0.238. The maximum Gasteiger partial charge on any atom is 0.290 e. The Kier molecular flexibility index (Phi) is 4.62. The average molecular weight is 416 g/mol. The Hall–Kier alpha value is -3.19. The van der Waals surface area contributed by atoms with E-state index >= 15 is 0 Å². The molecule has 0 fully saturated rings. The molecule has 29 heavy (non-hydrogen) atoms. The quantitative estimate of drug-likeness (QED) is 0.647. The monoisotopic (exact) mass is 415 g/mol. The molecule has 0 aliphatic carbocycles. The summed E-state index contributed by atoms with van der Waals surface area (Å²) in [7, 11) is 6.12. The van der Waals surface area contributed by atoms with Gasteiger partial charge >= 0.3 is 0 Å². The molecule has 1 aliphatic rings. The predicted octanol–water partition coefficient (Wildman–Crippen LogP) is 3.65. The molecular weight excluding hydrogens is 398 g/mol. The third-order valence-electron chi connectivity index (χ3n) is 5.07. The van der Waals surface area contributed by atoms with Crippen molar-refractivity contribution in [3.8, 4) is 17.2 Å². The minimum atomic E-state index is -0.675. The summed E-state index contributed by atoms with van der Waals surface area (Å²) in [4.78, 5) is 27.6. The van der Waals surface area contributed by atoms with E-state index in [0.717, 1.165) is 0 Å². The predicted molar refractivity (Wildman–Crippen MR) is 108 cm³/mol. The zero-order valence-corrected chi connectivity index (χ0v) is 17.0. The van der Waals surface area contributed by atoms with Crippen molar-refractivity contribution in [3.05, 3.63) is 62.5 Å². The number of carbonyl (C=O) groups excluding carboxylic acids is 1. The van der Waals surface area contributed by atoms with E-state index in [1.807, 2.05) is 0 Å². The second kappa shape index (κ2) is 7.00. The highest BCUT2D eigenvalue weighted by atomic mass is 35.5. The van der Waals surface area contributed by atoms with E-state index in [-0.39, 0.29) is 22.7 Å². The molecule has 0 saturated carbocycles. The van der Waals surface area contributed by atoms with Crippen LogP contribution in [0.4, 0.5) is 0 Å². The average Bonchev–Trinajstić information content (AvgIpc) is 2.98. The van der Waals surface area contributed by atoms with Crippen LogP contribution in [-0.4, -0.2) is 39.2 Å². The standard InChI is InChI=1S/C21H18ClNO6/c1-23-17(10-7-14(26-2)19(28-4)15(8-10)27-3)16-18(24)12-9-11(22)5-6-13(12)29-20(16)21(23)25/h5-9,17H,1-4H3/t17-/m0/s1. The van der Waals surface area contributed by atoms with E-state index in [9.17, 15) is 9.59 Å². The highest BCUT2D eigenvalue weighted by molar-refractivity contribution is 6.31. The van der Waals surface area contributed by atoms with Crippen molar-refractivity contribution < 1.29 is 23.4 Å².